The molecule has 0 aliphatic rings. The molecule has 1 heterocycles. The number of rotatable bonds is 4. The van der Waals surface area contributed by atoms with Crippen LogP contribution in [0.1, 0.15) is 12.5 Å². The maximum atomic E-state index is 12.6. The van der Waals surface area contributed by atoms with Gasteiger partial charge < -0.3 is 9.88 Å². The zero-order valence-electron chi connectivity index (χ0n) is 15.5. The van der Waals surface area contributed by atoms with E-state index in [1.165, 1.54) is 5.52 Å². The first kappa shape index (κ1) is 17.6. The lowest BCUT2D eigenvalue weighted by Crippen LogP contribution is -2.13. The number of nitriles is 1. The van der Waals surface area contributed by atoms with Gasteiger partial charge in [0.15, 0.2) is 0 Å². The van der Waals surface area contributed by atoms with Crippen molar-refractivity contribution in [2.75, 3.05) is 5.32 Å². The van der Waals surface area contributed by atoms with Crippen LogP contribution in [0.2, 0.25) is 0 Å². The highest BCUT2D eigenvalue weighted by Crippen LogP contribution is 2.31. The lowest BCUT2D eigenvalue weighted by Gasteiger charge is -2.06. The third-order valence-corrected chi connectivity index (χ3v) is 4.82. The lowest BCUT2D eigenvalue weighted by atomic mass is 10.1. The van der Waals surface area contributed by atoms with Crippen LogP contribution < -0.4 is 5.32 Å². The number of fused-ring (bicyclic) bond motifs is 3. The van der Waals surface area contributed by atoms with E-state index in [1.54, 1.807) is 6.08 Å². The monoisotopic (exact) mass is 365 g/mol. The molecule has 1 aromatic heterocycles. The second kappa shape index (κ2) is 7.42. The molecule has 0 aliphatic heterocycles. The fourth-order valence-electron chi connectivity index (χ4n) is 3.54. The maximum Gasteiger partial charge on any atom is 0.266 e. The first-order valence-corrected chi connectivity index (χ1v) is 9.20. The van der Waals surface area contributed by atoms with Gasteiger partial charge in [-0.1, -0.05) is 48.5 Å². The summed E-state index contributed by atoms with van der Waals surface area (Å²) in [6, 6.07) is 25.5. The van der Waals surface area contributed by atoms with Crippen molar-refractivity contribution < 1.29 is 4.79 Å². The molecule has 3 aromatic carbocycles. The molecule has 0 spiro atoms. The summed E-state index contributed by atoms with van der Waals surface area (Å²) in [5.41, 5.74) is 3.86. The van der Waals surface area contributed by atoms with Crippen molar-refractivity contribution in [2.24, 2.45) is 0 Å². The molecule has 1 N–H and O–H groups in total. The van der Waals surface area contributed by atoms with Gasteiger partial charge >= 0.3 is 0 Å². The number of para-hydroxylation sites is 1. The second-order valence-corrected chi connectivity index (χ2v) is 6.53. The Hall–Kier alpha value is -3.84. The molecule has 0 radical (unpaired) electrons. The molecule has 0 saturated heterocycles. The van der Waals surface area contributed by atoms with E-state index in [4.69, 9.17) is 0 Å². The molecular formula is C24H19N3O. The minimum atomic E-state index is -0.412. The van der Waals surface area contributed by atoms with Gasteiger partial charge in [0.2, 0.25) is 0 Å². The highest BCUT2D eigenvalue weighted by molar-refractivity contribution is 6.13. The highest BCUT2D eigenvalue weighted by Gasteiger charge is 2.13. The van der Waals surface area contributed by atoms with E-state index in [1.807, 2.05) is 66.7 Å². The van der Waals surface area contributed by atoms with Crippen LogP contribution in [0, 0.1) is 11.3 Å². The van der Waals surface area contributed by atoms with Crippen molar-refractivity contribution in [3.63, 3.8) is 0 Å². The number of anilines is 1. The molecule has 0 aliphatic carbocycles. The van der Waals surface area contributed by atoms with Crippen molar-refractivity contribution in [3.8, 4) is 6.07 Å². The number of nitrogens with one attached hydrogen (secondary N) is 1. The van der Waals surface area contributed by atoms with E-state index < -0.39 is 5.91 Å². The molecule has 4 aromatic rings. The highest BCUT2D eigenvalue weighted by atomic mass is 16.1. The molecule has 0 unspecified atom stereocenters. The molecule has 4 nitrogen and oxygen atoms in total. The molecule has 0 bridgehead atoms. The third-order valence-electron chi connectivity index (χ3n) is 4.82. The topological polar surface area (TPSA) is 57.8 Å². The Kier molecular flexibility index (Phi) is 4.65. The van der Waals surface area contributed by atoms with E-state index in [2.05, 4.69) is 28.9 Å². The number of nitrogens with zero attached hydrogens (tertiary/aromatic N) is 2. The minimum absolute atomic E-state index is 0.0716. The van der Waals surface area contributed by atoms with E-state index in [0.717, 1.165) is 28.4 Å². The van der Waals surface area contributed by atoms with Gasteiger partial charge in [-0.15, -0.1) is 0 Å². The number of aromatic nitrogens is 1. The second-order valence-electron chi connectivity index (χ2n) is 6.53. The molecule has 0 atom stereocenters. The molecule has 28 heavy (non-hydrogen) atoms. The van der Waals surface area contributed by atoms with Gasteiger partial charge in [0.05, 0.1) is 0 Å². The summed E-state index contributed by atoms with van der Waals surface area (Å²) in [7, 11) is 0. The Morgan fingerprint density at radius 1 is 1.00 bits per heavy atom. The van der Waals surface area contributed by atoms with Gasteiger partial charge in [-0.05, 0) is 42.8 Å². The zero-order chi connectivity index (χ0) is 19.5. The van der Waals surface area contributed by atoms with Crippen LogP contribution in [-0.2, 0) is 11.3 Å². The third kappa shape index (κ3) is 3.15. The van der Waals surface area contributed by atoms with Crippen LogP contribution in [0.15, 0.2) is 78.4 Å². The summed E-state index contributed by atoms with van der Waals surface area (Å²) in [4.78, 5) is 12.6. The molecular weight excluding hydrogens is 346 g/mol. The summed E-state index contributed by atoms with van der Waals surface area (Å²) in [5.74, 6) is -0.412. The SMILES string of the molecule is CCn1c2ccccc2c2cc(NC(=O)C(C#N)=Cc3ccccc3)ccc21. The van der Waals surface area contributed by atoms with E-state index in [9.17, 15) is 10.1 Å². The Morgan fingerprint density at radius 2 is 1.71 bits per heavy atom. The van der Waals surface area contributed by atoms with Gasteiger partial charge in [-0.25, -0.2) is 0 Å². The average molecular weight is 365 g/mol. The maximum absolute atomic E-state index is 12.6. The van der Waals surface area contributed by atoms with Crippen LogP contribution in [0.3, 0.4) is 0 Å². The number of carbonyl (C=O) groups is 1. The van der Waals surface area contributed by atoms with Crippen LogP contribution >= 0.6 is 0 Å². The molecule has 4 heteroatoms. The smallest absolute Gasteiger partial charge is 0.266 e. The quantitative estimate of drug-likeness (QED) is 0.391. The minimum Gasteiger partial charge on any atom is -0.341 e. The number of hydrogen-bond donors (Lipinski definition) is 1. The summed E-state index contributed by atoms with van der Waals surface area (Å²) in [5, 5.41) is 14.5. The molecule has 1 amide bonds. The van der Waals surface area contributed by atoms with Crippen molar-refractivity contribution >= 4 is 39.5 Å². The first-order valence-electron chi connectivity index (χ1n) is 9.20. The molecule has 136 valence electrons. The largest absolute Gasteiger partial charge is 0.341 e. The van der Waals surface area contributed by atoms with Gasteiger partial charge in [0.25, 0.3) is 5.91 Å². The normalized spacial score (nSPS) is 11.5. The number of hydrogen-bond acceptors (Lipinski definition) is 2. The predicted molar refractivity (Wildman–Crippen MR) is 114 cm³/mol. The van der Waals surface area contributed by atoms with Crippen molar-refractivity contribution in [1.29, 1.82) is 5.26 Å². The van der Waals surface area contributed by atoms with Gasteiger partial charge in [0.1, 0.15) is 11.6 Å². The van der Waals surface area contributed by atoms with Crippen molar-refractivity contribution in [2.45, 2.75) is 13.5 Å². The molecule has 4 rings (SSSR count). The Bertz CT molecular complexity index is 1240. The summed E-state index contributed by atoms with van der Waals surface area (Å²) < 4.78 is 2.26. The Balaban J connectivity index is 1.70. The van der Waals surface area contributed by atoms with Crippen molar-refractivity contribution in [3.05, 3.63) is 83.9 Å². The van der Waals surface area contributed by atoms with E-state index in [-0.39, 0.29) is 5.57 Å². The first-order chi connectivity index (χ1) is 13.7. The Morgan fingerprint density at radius 3 is 2.46 bits per heavy atom. The fraction of sp³-hybridized carbons (Fsp3) is 0.0833. The summed E-state index contributed by atoms with van der Waals surface area (Å²) in [6.45, 7) is 2.99. The Labute approximate surface area is 163 Å². The zero-order valence-corrected chi connectivity index (χ0v) is 15.5. The van der Waals surface area contributed by atoms with Crippen molar-refractivity contribution in [1.82, 2.24) is 4.57 Å². The fourth-order valence-corrected chi connectivity index (χ4v) is 3.54. The average Bonchev–Trinajstić information content (AvgIpc) is 3.05. The standard InChI is InChI=1S/C24H19N3O/c1-2-27-22-11-7-6-10-20(22)21-15-19(12-13-23(21)27)26-24(28)18(16-25)14-17-8-4-3-5-9-17/h3-15H,2H2,1H3,(H,26,28). The summed E-state index contributed by atoms with van der Waals surface area (Å²) >= 11 is 0. The van der Waals surface area contributed by atoms with Gasteiger partial charge in [-0.2, -0.15) is 5.26 Å². The van der Waals surface area contributed by atoms with Crippen LogP contribution in [0.5, 0.6) is 0 Å². The number of carbonyl (C=O) groups excluding carboxylic acids is 1. The van der Waals surface area contributed by atoms with Crippen LogP contribution in [-0.4, -0.2) is 10.5 Å². The van der Waals surface area contributed by atoms with E-state index >= 15 is 0 Å². The predicted octanol–water partition coefficient (Wildman–Crippen LogP) is 5.36. The van der Waals surface area contributed by atoms with E-state index in [0.29, 0.717) is 5.69 Å². The molecule has 0 saturated carbocycles. The lowest BCUT2D eigenvalue weighted by molar-refractivity contribution is -0.112. The summed E-state index contributed by atoms with van der Waals surface area (Å²) in [6.07, 6.45) is 1.59. The number of benzene rings is 3. The number of amides is 1. The molecule has 0 fully saturated rings. The van der Waals surface area contributed by atoms with Crippen LogP contribution in [0.4, 0.5) is 5.69 Å². The van der Waals surface area contributed by atoms with Crippen LogP contribution in [0.25, 0.3) is 27.9 Å². The number of aryl methyl sites for hydroxylation is 1. The van der Waals surface area contributed by atoms with Gasteiger partial charge in [-0.3, -0.25) is 4.79 Å². The van der Waals surface area contributed by atoms with Gasteiger partial charge in [0, 0.05) is 34.0 Å².